The van der Waals surface area contributed by atoms with E-state index in [4.69, 9.17) is 14.2 Å². The van der Waals surface area contributed by atoms with Crippen LogP contribution in [0.25, 0.3) is 0 Å². The Labute approximate surface area is 241 Å². The van der Waals surface area contributed by atoms with Gasteiger partial charge in [-0.15, -0.1) is 0 Å². The molecule has 0 rings (SSSR count). The van der Waals surface area contributed by atoms with Gasteiger partial charge >= 0.3 is 17.9 Å². The van der Waals surface area contributed by atoms with Crippen LogP contribution in [-0.2, 0) is 38.2 Å². The van der Waals surface area contributed by atoms with Crippen LogP contribution in [0.1, 0.15) is 130 Å². The Bertz CT molecular complexity index is 829. The number of carbonyl (C=O) groups is 5. The van der Waals surface area contributed by atoms with E-state index in [1.807, 2.05) is 0 Å². The highest BCUT2D eigenvalue weighted by Gasteiger charge is 2.25. The van der Waals surface area contributed by atoms with Gasteiger partial charge in [-0.05, 0) is 26.7 Å². The van der Waals surface area contributed by atoms with E-state index in [-0.39, 0.29) is 49.2 Å². The molecule has 0 saturated carbocycles. The molecule has 0 aromatic rings. The van der Waals surface area contributed by atoms with Crippen molar-refractivity contribution in [2.24, 2.45) is 0 Å². The number of unbranched alkanes of at least 4 members (excludes halogenated alkanes) is 10. The Balaban J connectivity index is 4.50. The predicted octanol–water partition coefficient (Wildman–Crippen LogP) is 6.93. The monoisotopic (exact) mass is 564 g/mol. The van der Waals surface area contributed by atoms with Crippen LogP contribution in [0, 0.1) is 0 Å². The first kappa shape index (κ1) is 37.2. The lowest BCUT2D eigenvalue weighted by Gasteiger charge is -2.18. The van der Waals surface area contributed by atoms with Gasteiger partial charge in [-0.25, -0.2) is 9.59 Å². The van der Waals surface area contributed by atoms with E-state index in [2.05, 4.69) is 20.1 Å². The molecule has 228 valence electrons. The summed E-state index contributed by atoms with van der Waals surface area (Å²) in [6, 6.07) is 0. The molecule has 8 nitrogen and oxygen atoms in total. The summed E-state index contributed by atoms with van der Waals surface area (Å²) in [6.07, 6.45) is 11.4. The van der Waals surface area contributed by atoms with Crippen molar-refractivity contribution in [3.05, 3.63) is 24.3 Å². The lowest BCUT2D eigenvalue weighted by atomic mass is 10.0. The van der Waals surface area contributed by atoms with Crippen LogP contribution in [0.15, 0.2) is 24.3 Å². The molecule has 2 unspecified atom stereocenters. The molecule has 8 heteroatoms. The average molecular weight is 565 g/mol. The fraction of sp³-hybridized carbons (Fsp3) is 0.719. The van der Waals surface area contributed by atoms with Crippen LogP contribution in [0.4, 0.5) is 0 Å². The third-order valence-electron chi connectivity index (χ3n) is 6.51. The zero-order valence-corrected chi connectivity index (χ0v) is 25.4. The van der Waals surface area contributed by atoms with Gasteiger partial charge < -0.3 is 14.2 Å². The third-order valence-corrected chi connectivity index (χ3v) is 6.51. The summed E-state index contributed by atoms with van der Waals surface area (Å²) >= 11 is 0. The van der Waals surface area contributed by atoms with Gasteiger partial charge in [-0.2, -0.15) is 0 Å². The highest BCUT2D eigenvalue weighted by atomic mass is 16.6. The fourth-order valence-electron chi connectivity index (χ4n) is 3.95. The lowest BCUT2D eigenvalue weighted by molar-refractivity contribution is -0.157. The SMILES string of the molecule is C=C(C)C(=O)OC(CCCCCCCCCCCCC)COC(=O)CCC(=O)CC(OC(=O)C(=C)C)C(=O)CC. The summed E-state index contributed by atoms with van der Waals surface area (Å²) in [5.41, 5.74) is 0.393. The van der Waals surface area contributed by atoms with Crippen molar-refractivity contribution < 1.29 is 38.2 Å². The van der Waals surface area contributed by atoms with E-state index in [0.29, 0.717) is 6.42 Å². The number of carbonyl (C=O) groups excluding carboxylic acids is 5. The number of ketones is 2. The molecule has 0 spiro atoms. The first-order valence-corrected chi connectivity index (χ1v) is 14.9. The van der Waals surface area contributed by atoms with Crippen molar-refractivity contribution in [1.29, 1.82) is 0 Å². The third kappa shape index (κ3) is 19.3. The Kier molecular flexibility index (Phi) is 21.4. The van der Waals surface area contributed by atoms with E-state index in [9.17, 15) is 24.0 Å². The quantitative estimate of drug-likeness (QED) is 0.0508. The largest absolute Gasteiger partial charge is 0.462 e. The van der Waals surface area contributed by atoms with Crippen LogP contribution in [0.2, 0.25) is 0 Å². The number of hydrogen-bond acceptors (Lipinski definition) is 8. The number of esters is 3. The summed E-state index contributed by atoms with van der Waals surface area (Å²) in [5.74, 6) is -2.66. The second-order valence-corrected chi connectivity index (χ2v) is 10.6. The van der Waals surface area contributed by atoms with E-state index < -0.39 is 35.9 Å². The van der Waals surface area contributed by atoms with Gasteiger partial charge in [0.05, 0.1) is 12.8 Å². The van der Waals surface area contributed by atoms with Gasteiger partial charge in [0.1, 0.15) is 18.5 Å². The summed E-state index contributed by atoms with van der Waals surface area (Å²) < 4.78 is 15.8. The molecule has 0 amide bonds. The van der Waals surface area contributed by atoms with E-state index >= 15 is 0 Å². The second-order valence-electron chi connectivity index (χ2n) is 10.6. The lowest BCUT2D eigenvalue weighted by Crippen LogP contribution is -2.30. The minimum Gasteiger partial charge on any atom is -0.462 e. The summed E-state index contributed by atoms with van der Waals surface area (Å²) in [5, 5.41) is 0. The fourth-order valence-corrected chi connectivity index (χ4v) is 3.95. The second kappa shape index (κ2) is 23.0. The molecule has 0 heterocycles. The number of hydrogen-bond donors (Lipinski definition) is 0. The number of rotatable bonds is 25. The van der Waals surface area contributed by atoms with Crippen molar-refractivity contribution in [1.82, 2.24) is 0 Å². The minimum atomic E-state index is -1.20. The highest BCUT2D eigenvalue weighted by molar-refractivity contribution is 5.94. The maximum absolute atomic E-state index is 12.4. The molecule has 0 aliphatic heterocycles. The van der Waals surface area contributed by atoms with Crippen LogP contribution >= 0.6 is 0 Å². The molecule has 0 aromatic heterocycles. The maximum Gasteiger partial charge on any atom is 0.333 e. The minimum absolute atomic E-state index is 0.100. The van der Waals surface area contributed by atoms with Gasteiger partial charge in [0.25, 0.3) is 0 Å². The van der Waals surface area contributed by atoms with Gasteiger partial charge in [0.2, 0.25) is 0 Å². The van der Waals surface area contributed by atoms with Gasteiger partial charge in [-0.3, -0.25) is 14.4 Å². The molecule has 0 aromatic carbocycles. The molecule has 0 fully saturated rings. The summed E-state index contributed by atoms with van der Waals surface area (Å²) in [6.45, 7) is 13.8. The van der Waals surface area contributed by atoms with E-state index in [1.165, 1.54) is 58.3 Å². The molecule has 0 aliphatic carbocycles. The van der Waals surface area contributed by atoms with Crippen molar-refractivity contribution >= 4 is 29.5 Å². The molecular formula is C32H52O8. The number of ether oxygens (including phenoxy) is 3. The molecule has 40 heavy (non-hydrogen) atoms. The van der Waals surface area contributed by atoms with Gasteiger partial charge in [0.15, 0.2) is 11.9 Å². The van der Waals surface area contributed by atoms with Crippen molar-refractivity contribution in [3.8, 4) is 0 Å². The summed E-state index contributed by atoms with van der Waals surface area (Å²) in [7, 11) is 0. The highest BCUT2D eigenvalue weighted by Crippen LogP contribution is 2.15. The first-order valence-electron chi connectivity index (χ1n) is 14.9. The van der Waals surface area contributed by atoms with Gasteiger partial charge in [-0.1, -0.05) is 91.2 Å². The smallest absolute Gasteiger partial charge is 0.333 e. The van der Waals surface area contributed by atoms with Gasteiger partial charge in [0, 0.05) is 24.0 Å². The van der Waals surface area contributed by atoms with E-state index in [1.54, 1.807) is 13.8 Å². The molecule has 0 bridgehead atoms. The van der Waals surface area contributed by atoms with E-state index in [0.717, 1.165) is 19.3 Å². The Morgan fingerprint density at radius 1 is 0.675 bits per heavy atom. The van der Waals surface area contributed by atoms with Crippen LogP contribution in [-0.4, -0.2) is 48.3 Å². The standard InChI is InChI=1S/C32H52O8/c1-7-9-10-11-12-13-14-15-16-17-18-19-27(39-31(36)24(3)4)23-38-30(35)21-20-26(33)22-29(28(34)8-2)40-32(37)25(5)6/h27,29H,3,5,7-23H2,1-2,4,6H3. The Hall–Kier alpha value is -2.77. The molecule has 0 radical (unpaired) electrons. The zero-order valence-electron chi connectivity index (χ0n) is 25.4. The molecule has 0 N–H and O–H groups in total. The van der Waals surface area contributed by atoms with Crippen LogP contribution in [0.3, 0.4) is 0 Å². The topological polar surface area (TPSA) is 113 Å². The molecule has 0 saturated heterocycles. The first-order chi connectivity index (χ1) is 19.0. The predicted molar refractivity (Wildman–Crippen MR) is 156 cm³/mol. The zero-order chi connectivity index (χ0) is 30.3. The van der Waals surface area contributed by atoms with Crippen molar-refractivity contribution in [3.63, 3.8) is 0 Å². The van der Waals surface area contributed by atoms with Crippen LogP contribution < -0.4 is 0 Å². The summed E-state index contributed by atoms with van der Waals surface area (Å²) in [4.78, 5) is 60.5. The maximum atomic E-state index is 12.4. The number of Topliss-reactive ketones (excluding diaryl/α,β-unsaturated/α-hetero) is 2. The average Bonchev–Trinajstić information content (AvgIpc) is 2.92. The van der Waals surface area contributed by atoms with Crippen molar-refractivity contribution in [2.45, 2.75) is 143 Å². The normalized spacial score (nSPS) is 12.2. The Morgan fingerprint density at radius 2 is 1.18 bits per heavy atom. The molecule has 2 atom stereocenters. The molecular weight excluding hydrogens is 512 g/mol. The van der Waals surface area contributed by atoms with Crippen molar-refractivity contribution in [2.75, 3.05) is 6.61 Å². The Morgan fingerprint density at radius 3 is 1.68 bits per heavy atom. The van der Waals surface area contributed by atoms with Crippen LogP contribution in [0.5, 0.6) is 0 Å². The molecule has 0 aliphatic rings.